The fourth-order valence-corrected chi connectivity index (χ4v) is 2.61. The lowest BCUT2D eigenvalue weighted by Crippen LogP contribution is -2.31. The molecule has 2 aliphatic heterocycles. The lowest BCUT2D eigenvalue weighted by Gasteiger charge is -2.24. The third kappa shape index (κ3) is 1.02. The quantitative estimate of drug-likeness (QED) is 0.587. The standard InChI is InChI=1S/C13H13NO/c1-2-10-11-7-3-5-9-6-4-8-14(12(9)11)13(10)15/h2-3,5,7H,4,6,8H2,1H3/b10-2+. The first-order valence-electron chi connectivity index (χ1n) is 5.43. The molecule has 0 N–H and O–H groups in total. The number of rotatable bonds is 0. The van der Waals surface area contributed by atoms with Crippen molar-refractivity contribution in [1.82, 2.24) is 0 Å². The van der Waals surface area contributed by atoms with Crippen LogP contribution in [0.4, 0.5) is 5.69 Å². The first-order valence-corrected chi connectivity index (χ1v) is 5.43. The van der Waals surface area contributed by atoms with E-state index in [0.717, 1.165) is 30.5 Å². The number of amides is 1. The van der Waals surface area contributed by atoms with E-state index in [1.807, 2.05) is 17.9 Å². The number of aryl methyl sites for hydroxylation is 1. The fourth-order valence-electron chi connectivity index (χ4n) is 2.61. The number of carbonyl (C=O) groups excluding carboxylic acids is 1. The summed E-state index contributed by atoms with van der Waals surface area (Å²) >= 11 is 0. The molecule has 0 aromatic heterocycles. The van der Waals surface area contributed by atoms with Crippen molar-refractivity contribution in [3.8, 4) is 0 Å². The molecule has 0 aliphatic carbocycles. The molecule has 2 heterocycles. The van der Waals surface area contributed by atoms with E-state index in [4.69, 9.17) is 0 Å². The van der Waals surface area contributed by atoms with Gasteiger partial charge in [0.1, 0.15) is 0 Å². The Hall–Kier alpha value is -1.57. The minimum atomic E-state index is 0.180. The number of allylic oxidation sites excluding steroid dienone is 1. The minimum Gasteiger partial charge on any atom is -0.307 e. The Bertz CT molecular complexity index is 473. The van der Waals surface area contributed by atoms with E-state index in [-0.39, 0.29) is 5.91 Å². The molecule has 76 valence electrons. The van der Waals surface area contributed by atoms with Gasteiger partial charge in [-0.3, -0.25) is 4.79 Å². The Kier molecular flexibility index (Phi) is 1.72. The molecule has 0 unspecified atom stereocenters. The number of para-hydroxylation sites is 1. The second-order valence-electron chi connectivity index (χ2n) is 4.08. The van der Waals surface area contributed by atoms with Gasteiger partial charge in [-0.2, -0.15) is 0 Å². The number of carbonyl (C=O) groups is 1. The predicted octanol–water partition coefficient (Wildman–Crippen LogP) is 2.38. The molecule has 0 atom stereocenters. The van der Waals surface area contributed by atoms with Crippen LogP contribution in [-0.4, -0.2) is 12.5 Å². The molecule has 15 heavy (non-hydrogen) atoms. The second-order valence-corrected chi connectivity index (χ2v) is 4.08. The van der Waals surface area contributed by atoms with Crippen molar-refractivity contribution < 1.29 is 4.79 Å². The van der Waals surface area contributed by atoms with E-state index < -0.39 is 0 Å². The molecular weight excluding hydrogens is 186 g/mol. The average Bonchev–Trinajstić information content (AvgIpc) is 2.55. The van der Waals surface area contributed by atoms with Crippen LogP contribution < -0.4 is 4.90 Å². The summed E-state index contributed by atoms with van der Waals surface area (Å²) < 4.78 is 0. The number of nitrogens with zero attached hydrogens (tertiary/aromatic N) is 1. The van der Waals surface area contributed by atoms with Crippen LogP contribution in [0.3, 0.4) is 0 Å². The zero-order valence-electron chi connectivity index (χ0n) is 8.79. The van der Waals surface area contributed by atoms with E-state index in [1.54, 1.807) is 0 Å². The van der Waals surface area contributed by atoms with Crippen LogP contribution in [0.25, 0.3) is 5.57 Å². The van der Waals surface area contributed by atoms with Crippen molar-refractivity contribution in [3.63, 3.8) is 0 Å². The summed E-state index contributed by atoms with van der Waals surface area (Å²) in [5, 5.41) is 0. The fraction of sp³-hybridized carbons (Fsp3) is 0.308. The summed E-state index contributed by atoms with van der Waals surface area (Å²) in [4.78, 5) is 14.0. The van der Waals surface area contributed by atoms with E-state index in [9.17, 15) is 4.79 Å². The molecule has 0 radical (unpaired) electrons. The van der Waals surface area contributed by atoms with Crippen LogP contribution in [0, 0.1) is 0 Å². The highest BCUT2D eigenvalue weighted by molar-refractivity contribution is 6.33. The monoisotopic (exact) mass is 199 g/mol. The van der Waals surface area contributed by atoms with Gasteiger partial charge in [-0.25, -0.2) is 0 Å². The largest absolute Gasteiger partial charge is 0.307 e. The van der Waals surface area contributed by atoms with Crippen LogP contribution in [-0.2, 0) is 11.2 Å². The maximum Gasteiger partial charge on any atom is 0.258 e. The first kappa shape index (κ1) is 8.72. The summed E-state index contributed by atoms with van der Waals surface area (Å²) in [5.74, 6) is 0.180. The number of benzene rings is 1. The van der Waals surface area contributed by atoms with E-state index in [2.05, 4.69) is 18.2 Å². The molecule has 0 saturated carbocycles. The van der Waals surface area contributed by atoms with Crippen LogP contribution in [0.15, 0.2) is 24.3 Å². The highest BCUT2D eigenvalue weighted by Gasteiger charge is 2.34. The lowest BCUT2D eigenvalue weighted by atomic mass is 9.99. The van der Waals surface area contributed by atoms with Crippen LogP contribution in [0.5, 0.6) is 0 Å². The SMILES string of the molecule is C/C=C1/C(=O)N2CCCc3cccc1c32. The zero-order chi connectivity index (χ0) is 10.4. The maximum atomic E-state index is 12.1. The van der Waals surface area contributed by atoms with E-state index in [0.29, 0.717) is 0 Å². The molecule has 1 aromatic rings. The maximum absolute atomic E-state index is 12.1. The molecule has 0 bridgehead atoms. The molecule has 2 nitrogen and oxygen atoms in total. The average molecular weight is 199 g/mol. The summed E-state index contributed by atoms with van der Waals surface area (Å²) in [6, 6.07) is 6.24. The van der Waals surface area contributed by atoms with Gasteiger partial charge in [0.05, 0.1) is 5.69 Å². The van der Waals surface area contributed by atoms with E-state index in [1.165, 1.54) is 11.3 Å². The zero-order valence-corrected chi connectivity index (χ0v) is 8.79. The number of hydrogen-bond donors (Lipinski definition) is 0. The first-order chi connectivity index (χ1) is 7.33. The Balaban J connectivity index is 2.31. The van der Waals surface area contributed by atoms with Crippen molar-refractivity contribution in [2.75, 3.05) is 11.4 Å². The highest BCUT2D eigenvalue weighted by Crippen LogP contribution is 2.41. The third-order valence-electron chi connectivity index (χ3n) is 3.27. The van der Waals surface area contributed by atoms with Gasteiger partial charge in [0.2, 0.25) is 0 Å². The molecule has 2 heteroatoms. The summed E-state index contributed by atoms with van der Waals surface area (Å²) in [5.41, 5.74) is 4.49. The Morgan fingerprint density at radius 2 is 2.27 bits per heavy atom. The van der Waals surface area contributed by atoms with Crippen molar-refractivity contribution in [2.45, 2.75) is 19.8 Å². The molecule has 2 aliphatic rings. The van der Waals surface area contributed by atoms with Crippen molar-refractivity contribution in [2.24, 2.45) is 0 Å². The van der Waals surface area contributed by atoms with Crippen molar-refractivity contribution in [3.05, 3.63) is 35.4 Å². The predicted molar refractivity (Wildman–Crippen MR) is 60.8 cm³/mol. The summed E-state index contributed by atoms with van der Waals surface area (Å²) in [6.45, 7) is 2.81. The molecule has 0 fully saturated rings. The van der Waals surface area contributed by atoms with Gasteiger partial charge in [-0.15, -0.1) is 0 Å². The van der Waals surface area contributed by atoms with Gasteiger partial charge in [0, 0.05) is 17.7 Å². The Morgan fingerprint density at radius 3 is 3.07 bits per heavy atom. The van der Waals surface area contributed by atoms with Gasteiger partial charge < -0.3 is 4.90 Å². The molecule has 1 aromatic carbocycles. The topological polar surface area (TPSA) is 20.3 Å². The summed E-state index contributed by atoms with van der Waals surface area (Å²) in [7, 11) is 0. The lowest BCUT2D eigenvalue weighted by molar-refractivity contribution is -0.113. The van der Waals surface area contributed by atoms with Gasteiger partial charge in [-0.05, 0) is 25.3 Å². The normalized spacial score (nSPS) is 21.0. The molecule has 1 amide bonds. The van der Waals surface area contributed by atoms with Gasteiger partial charge in [0.15, 0.2) is 0 Å². The van der Waals surface area contributed by atoms with Crippen LogP contribution >= 0.6 is 0 Å². The van der Waals surface area contributed by atoms with Crippen molar-refractivity contribution >= 4 is 17.2 Å². The number of anilines is 1. The highest BCUT2D eigenvalue weighted by atomic mass is 16.2. The summed E-state index contributed by atoms with van der Waals surface area (Å²) in [6.07, 6.45) is 4.11. The molecular formula is C13H13NO. The third-order valence-corrected chi connectivity index (χ3v) is 3.27. The van der Waals surface area contributed by atoms with Gasteiger partial charge in [-0.1, -0.05) is 24.3 Å². The van der Waals surface area contributed by atoms with Gasteiger partial charge >= 0.3 is 0 Å². The van der Waals surface area contributed by atoms with E-state index >= 15 is 0 Å². The van der Waals surface area contributed by atoms with Crippen LogP contribution in [0.1, 0.15) is 24.5 Å². The minimum absolute atomic E-state index is 0.180. The second kappa shape index (κ2) is 2.96. The van der Waals surface area contributed by atoms with Gasteiger partial charge in [0.25, 0.3) is 5.91 Å². The number of hydrogen-bond acceptors (Lipinski definition) is 1. The Labute approximate surface area is 89.2 Å². The van der Waals surface area contributed by atoms with Crippen LogP contribution in [0.2, 0.25) is 0 Å². The van der Waals surface area contributed by atoms with Crippen molar-refractivity contribution in [1.29, 1.82) is 0 Å². The molecule has 0 saturated heterocycles. The smallest absolute Gasteiger partial charge is 0.258 e. The molecule has 0 spiro atoms. The molecule has 3 rings (SSSR count). The Morgan fingerprint density at radius 1 is 1.40 bits per heavy atom.